The van der Waals surface area contributed by atoms with Crippen LogP contribution >= 0.6 is 0 Å². The number of nitrogens with one attached hydrogen (secondary N) is 1. The number of nitrogens with zero attached hydrogens (tertiary/aromatic N) is 4. The molecule has 1 saturated heterocycles. The van der Waals surface area contributed by atoms with Gasteiger partial charge in [-0.2, -0.15) is 0 Å². The molecule has 0 bridgehead atoms. The fraction of sp³-hybridized carbons (Fsp3) is 0.400. The molecule has 0 radical (unpaired) electrons. The Morgan fingerprint density at radius 1 is 1.36 bits per heavy atom. The van der Waals surface area contributed by atoms with Crippen LogP contribution in [0.3, 0.4) is 0 Å². The summed E-state index contributed by atoms with van der Waals surface area (Å²) < 4.78 is 0. The van der Waals surface area contributed by atoms with Crippen LogP contribution in [-0.4, -0.2) is 58.0 Å². The summed E-state index contributed by atoms with van der Waals surface area (Å²) in [4.78, 5) is 39.9. The topological polar surface area (TPSA) is 108 Å². The molecule has 146 valence electrons. The second-order valence-electron chi connectivity index (χ2n) is 7.32. The zero-order chi connectivity index (χ0) is 19.5. The van der Waals surface area contributed by atoms with Crippen molar-refractivity contribution in [1.82, 2.24) is 19.9 Å². The molecule has 8 heteroatoms. The van der Waals surface area contributed by atoms with E-state index >= 15 is 0 Å². The standard InChI is InChI=1S/C20H24N6O2/c21-5-1-2-19(27)25-12-16(13-25)26(11-14-3-4-14)18-8-15(9-24-20(18)28)17-10-22-6-7-23-17/h1-2,6-10,14,16H,3-5,11-13,21H2,(H,24,28)/b2-1+. The second kappa shape index (κ2) is 7.93. The van der Waals surface area contributed by atoms with E-state index < -0.39 is 0 Å². The minimum atomic E-state index is -0.124. The molecule has 1 aliphatic heterocycles. The summed E-state index contributed by atoms with van der Waals surface area (Å²) >= 11 is 0. The molecule has 0 spiro atoms. The van der Waals surface area contributed by atoms with Crippen LogP contribution in [0.1, 0.15) is 12.8 Å². The predicted molar refractivity (Wildman–Crippen MR) is 107 cm³/mol. The monoisotopic (exact) mass is 380 g/mol. The largest absolute Gasteiger partial charge is 0.360 e. The molecule has 2 aliphatic rings. The van der Waals surface area contributed by atoms with Crippen molar-refractivity contribution < 1.29 is 4.79 Å². The number of H-pyrrole nitrogens is 1. The first-order valence-electron chi connectivity index (χ1n) is 9.57. The van der Waals surface area contributed by atoms with Crippen LogP contribution in [0, 0.1) is 5.92 Å². The first kappa shape index (κ1) is 18.4. The van der Waals surface area contributed by atoms with Crippen LogP contribution in [-0.2, 0) is 4.79 Å². The molecule has 1 amide bonds. The summed E-state index contributed by atoms with van der Waals surface area (Å²) in [5, 5.41) is 0. The van der Waals surface area contributed by atoms with Crippen LogP contribution in [0.15, 0.2) is 47.8 Å². The fourth-order valence-corrected chi connectivity index (χ4v) is 3.41. The normalized spacial score (nSPS) is 17.0. The van der Waals surface area contributed by atoms with Crippen LogP contribution in [0.5, 0.6) is 0 Å². The SMILES string of the molecule is NC/C=C/C(=O)N1CC(N(CC2CC2)c2cc(-c3cnccn3)c[nH]c2=O)C1. The number of aromatic amines is 1. The number of nitrogens with two attached hydrogens (primary N) is 1. The molecule has 8 nitrogen and oxygen atoms in total. The fourth-order valence-electron chi connectivity index (χ4n) is 3.41. The molecule has 0 unspecified atom stereocenters. The minimum Gasteiger partial charge on any atom is -0.360 e. The first-order chi connectivity index (χ1) is 13.7. The maximum absolute atomic E-state index is 12.6. The lowest BCUT2D eigenvalue weighted by molar-refractivity contribution is -0.130. The average molecular weight is 380 g/mol. The number of aromatic nitrogens is 3. The molecule has 0 atom stereocenters. The Morgan fingerprint density at radius 3 is 2.86 bits per heavy atom. The van der Waals surface area contributed by atoms with Crippen molar-refractivity contribution >= 4 is 11.6 Å². The highest BCUT2D eigenvalue weighted by molar-refractivity contribution is 5.88. The molecule has 0 aromatic carbocycles. The molecule has 1 aliphatic carbocycles. The van der Waals surface area contributed by atoms with E-state index in [0.29, 0.717) is 36.9 Å². The number of pyridine rings is 1. The van der Waals surface area contributed by atoms with Crippen LogP contribution in [0.2, 0.25) is 0 Å². The lowest BCUT2D eigenvalue weighted by atomic mass is 10.0. The van der Waals surface area contributed by atoms with E-state index in [1.807, 2.05) is 6.07 Å². The maximum atomic E-state index is 12.6. The smallest absolute Gasteiger partial charge is 0.271 e. The third-order valence-corrected chi connectivity index (χ3v) is 5.22. The summed E-state index contributed by atoms with van der Waals surface area (Å²) in [6.45, 7) is 2.39. The molecule has 3 N–H and O–H groups in total. The molecule has 2 aromatic heterocycles. The van der Waals surface area contributed by atoms with Gasteiger partial charge in [-0.05, 0) is 24.8 Å². The van der Waals surface area contributed by atoms with Crippen molar-refractivity contribution in [3.05, 3.63) is 53.4 Å². The minimum absolute atomic E-state index is 0.0321. The highest BCUT2D eigenvalue weighted by Crippen LogP contribution is 2.33. The lowest BCUT2D eigenvalue weighted by Gasteiger charge is -2.46. The molecule has 2 fully saturated rings. The van der Waals surface area contributed by atoms with Gasteiger partial charge in [0.1, 0.15) is 5.69 Å². The zero-order valence-electron chi connectivity index (χ0n) is 15.6. The summed E-state index contributed by atoms with van der Waals surface area (Å²) in [5.41, 5.74) is 7.45. The van der Waals surface area contributed by atoms with Crippen molar-refractivity contribution in [2.45, 2.75) is 18.9 Å². The van der Waals surface area contributed by atoms with Crippen molar-refractivity contribution in [3.8, 4) is 11.3 Å². The number of likely N-dealkylation sites (tertiary alicyclic amines) is 1. The number of rotatable bonds is 7. The number of anilines is 1. The molecule has 1 saturated carbocycles. The van der Waals surface area contributed by atoms with E-state index in [1.54, 1.807) is 35.8 Å². The number of hydrogen-bond donors (Lipinski definition) is 2. The molecular formula is C20H24N6O2. The van der Waals surface area contributed by atoms with Crippen molar-refractivity contribution in [1.29, 1.82) is 0 Å². The Balaban J connectivity index is 1.56. The van der Waals surface area contributed by atoms with Crippen LogP contribution in [0.4, 0.5) is 5.69 Å². The zero-order valence-corrected chi connectivity index (χ0v) is 15.6. The second-order valence-corrected chi connectivity index (χ2v) is 7.32. The Hall–Kier alpha value is -3.00. The van der Waals surface area contributed by atoms with Gasteiger partial charge in [0.25, 0.3) is 5.56 Å². The molecule has 28 heavy (non-hydrogen) atoms. The van der Waals surface area contributed by atoms with Gasteiger partial charge in [0.2, 0.25) is 5.91 Å². The summed E-state index contributed by atoms with van der Waals surface area (Å²) in [6, 6.07) is 2.01. The van der Waals surface area contributed by atoms with E-state index in [-0.39, 0.29) is 17.5 Å². The van der Waals surface area contributed by atoms with Gasteiger partial charge in [-0.1, -0.05) is 6.08 Å². The van der Waals surface area contributed by atoms with Crippen LogP contribution in [0.25, 0.3) is 11.3 Å². The first-order valence-corrected chi connectivity index (χ1v) is 9.57. The van der Waals surface area contributed by atoms with Gasteiger partial charge >= 0.3 is 0 Å². The number of hydrogen-bond acceptors (Lipinski definition) is 6. The van der Waals surface area contributed by atoms with Gasteiger partial charge in [0.05, 0.1) is 17.9 Å². The number of carbonyl (C=O) groups excluding carboxylic acids is 1. The summed E-state index contributed by atoms with van der Waals surface area (Å²) in [7, 11) is 0. The number of carbonyl (C=O) groups is 1. The van der Waals surface area contributed by atoms with E-state index in [1.165, 1.54) is 18.9 Å². The third kappa shape index (κ3) is 3.96. The Labute approximate surface area is 163 Å². The van der Waals surface area contributed by atoms with Gasteiger partial charge in [-0.15, -0.1) is 0 Å². The van der Waals surface area contributed by atoms with Gasteiger partial charge < -0.3 is 20.5 Å². The Morgan fingerprint density at radius 2 is 2.18 bits per heavy atom. The quantitative estimate of drug-likeness (QED) is 0.687. The molecule has 4 rings (SSSR count). The summed E-state index contributed by atoms with van der Waals surface area (Å²) in [6.07, 6.45) is 12.1. The Bertz CT molecular complexity index is 916. The van der Waals surface area contributed by atoms with E-state index in [9.17, 15) is 9.59 Å². The maximum Gasteiger partial charge on any atom is 0.271 e. The van der Waals surface area contributed by atoms with E-state index in [4.69, 9.17) is 5.73 Å². The molecular weight excluding hydrogens is 356 g/mol. The van der Waals surface area contributed by atoms with Crippen molar-refractivity contribution in [2.75, 3.05) is 31.1 Å². The molecule has 2 aromatic rings. The number of amides is 1. The predicted octanol–water partition coefficient (Wildman–Crippen LogP) is 0.774. The van der Waals surface area contributed by atoms with Gasteiger partial charge in [-0.3, -0.25) is 19.6 Å². The summed E-state index contributed by atoms with van der Waals surface area (Å²) in [5.74, 6) is 0.580. The Kier molecular flexibility index (Phi) is 5.21. The van der Waals surface area contributed by atoms with Gasteiger partial charge in [0.15, 0.2) is 0 Å². The molecule has 3 heterocycles. The lowest BCUT2D eigenvalue weighted by Crippen LogP contribution is -2.62. The third-order valence-electron chi connectivity index (χ3n) is 5.22. The highest BCUT2D eigenvalue weighted by atomic mass is 16.2. The van der Waals surface area contributed by atoms with Crippen LogP contribution < -0.4 is 16.2 Å². The van der Waals surface area contributed by atoms with E-state index in [2.05, 4.69) is 19.9 Å². The van der Waals surface area contributed by atoms with Gasteiger partial charge in [-0.25, -0.2) is 0 Å². The highest BCUT2D eigenvalue weighted by Gasteiger charge is 2.37. The average Bonchev–Trinajstić information content (AvgIpc) is 3.50. The van der Waals surface area contributed by atoms with Crippen molar-refractivity contribution in [3.63, 3.8) is 0 Å². The van der Waals surface area contributed by atoms with Gasteiger partial charge in [0, 0.05) is 56.4 Å². The van der Waals surface area contributed by atoms with Crippen molar-refractivity contribution in [2.24, 2.45) is 11.7 Å². The van der Waals surface area contributed by atoms with E-state index in [0.717, 1.165) is 12.1 Å².